The summed E-state index contributed by atoms with van der Waals surface area (Å²) in [7, 11) is -5.46. The summed E-state index contributed by atoms with van der Waals surface area (Å²) in [4.78, 5) is 10.4. The van der Waals surface area contributed by atoms with Crippen LogP contribution in [-0.2, 0) is 23.1 Å². The van der Waals surface area contributed by atoms with Crippen molar-refractivity contribution in [1.82, 2.24) is 14.3 Å². The summed E-state index contributed by atoms with van der Waals surface area (Å²) >= 11 is 0. The number of alkyl halides is 3. The van der Waals surface area contributed by atoms with Gasteiger partial charge in [0.2, 0.25) is 0 Å². The van der Waals surface area contributed by atoms with Crippen molar-refractivity contribution in [2.45, 2.75) is 44.4 Å². The number of nitrogen functional groups attached to an aromatic ring is 1. The van der Waals surface area contributed by atoms with Gasteiger partial charge in [0, 0.05) is 24.8 Å². The third kappa shape index (κ3) is 3.83. The maximum absolute atomic E-state index is 13.4. The number of anilines is 2. The Bertz CT molecular complexity index is 1040. The third-order valence-corrected chi connectivity index (χ3v) is 7.20. The largest absolute Gasteiger partial charge is 0.511 e. The van der Waals surface area contributed by atoms with Crippen molar-refractivity contribution in [3.63, 3.8) is 0 Å². The van der Waals surface area contributed by atoms with Crippen LogP contribution in [0.3, 0.4) is 0 Å². The Kier molecular flexibility index (Phi) is 5.13. The smallest absolute Gasteiger partial charge is 0.396 e. The molecule has 1 saturated carbocycles. The maximum Gasteiger partial charge on any atom is 0.511 e. The Morgan fingerprint density at radius 3 is 2.47 bits per heavy atom. The van der Waals surface area contributed by atoms with Gasteiger partial charge in [0.15, 0.2) is 0 Å². The van der Waals surface area contributed by atoms with Crippen LogP contribution in [0, 0.1) is 12.8 Å². The molecule has 0 saturated heterocycles. The number of fused-ring (bicyclic) bond motifs is 1. The van der Waals surface area contributed by atoms with E-state index in [2.05, 4.69) is 9.97 Å². The summed E-state index contributed by atoms with van der Waals surface area (Å²) in [5, 5.41) is 0. The highest BCUT2D eigenvalue weighted by atomic mass is 32.2. The molecule has 1 aliphatic carbocycles. The van der Waals surface area contributed by atoms with Crippen LogP contribution in [0.4, 0.5) is 24.5 Å². The first-order valence-electron chi connectivity index (χ1n) is 9.56. The van der Waals surface area contributed by atoms with E-state index in [1.807, 2.05) is 17.0 Å². The normalized spacial score (nSPS) is 20.7. The Morgan fingerprint density at radius 1 is 1.20 bits per heavy atom. The number of aromatic nitrogens is 2. The van der Waals surface area contributed by atoms with E-state index in [1.165, 1.54) is 12.4 Å². The van der Waals surface area contributed by atoms with E-state index in [-0.39, 0.29) is 25.6 Å². The predicted molar refractivity (Wildman–Crippen MR) is 106 cm³/mol. The molecule has 0 spiro atoms. The Balaban J connectivity index is 1.80. The fourth-order valence-corrected chi connectivity index (χ4v) is 4.84. The molecule has 1 atom stereocenters. The Hall–Kier alpha value is -2.40. The lowest BCUT2D eigenvalue weighted by Crippen LogP contribution is -2.47. The lowest BCUT2D eigenvalue weighted by molar-refractivity contribution is -0.0492. The zero-order valence-corrected chi connectivity index (χ0v) is 17.1. The molecular formula is C19H22F3N5O2S. The highest BCUT2D eigenvalue weighted by Crippen LogP contribution is 2.43. The quantitative estimate of drug-likeness (QED) is 0.785. The van der Waals surface area contributed by atoms with Crippen LogP contribution in [0.1, 0.15) is 29.8 Å². The second-order valence-corrected chi connectivity index (χ2v) is 9.71. The average molecular weight is 441 g/mol. The van der Waals surface area contributed by atoms with Crippen molar-refractivity contribution in [1.29, 1.82) is 0 Å². The molecule has 2 aliphatic rings. The number of nitrogens with two attached hydrogens (primary N) is 1. The van der Waals surface area contributed by atoms with E-state index < -0.39 is 21.6 Å². The van der Waals surface area contributed by atoms with Crippen LogP contribution >= 0.6 is 0 Å². The molecule has 0 amide bonds. The number of rotatable bonds is 4. The van der Waals surface area contributed by atoms with Crippen molar-refractivity contribution in [2.24, 2.45) is 5.92 Å². The summed E-state index contributed by atoms with van der Waals surface area (Å²) in [5.41, 5.74) is 2.72. The van der Waals surface area contributed by atoms with Gasteiger partial charge in [-0.15, -0.1) is 0 Å². The molecule has 1 aliphatic heterocycles. The summed E-state index contributed by atoms with van der Waals surface area (Å²) in [6, 6.07) is 5.00. The standard InChI is InChI=1S/C19H22F3N5O2S/c1-12-3-2-4-16-15(12)9-26(30(28,29)19(20,21)22)10-17(13-5-6-13)27(16)11-18-24-7-14(23)8-25-18/h2-4,7-8,13,17H,5-6,9-11,23H2,1H3/t17-/m1/s1. The maximum atomic E-state index is 13.4. The van der Waals surface area contributed by atoms with Gasteiger partial charge in [-0.1, -0.05) is 12.1 Å². The van der Waals surface area contributed by atoms with E-state index >= 15 is 0 Å². The van der Waals surface area contributed by atoms with Gasteiger partial charge in [0.05, 0.1) is 24.6 Å². The molecule has 1 aromatic carbocycles. The van der Waals surface area contributed by atoms with Gasteiger partial charge in [-0.05, 0) is 42.9 Å². The topological polar surface area (TPSA) is 92.4 Å². The highest BCUT2D eigenvalue weighted by molar-refractivity contribution is 7.89. The molecule has 1 aromatic heterocycles. The van der Waals surface area contributed by atoms with E-state index in [4.69, 9.17) is 5.73 Å². The van der Waals surface area contributed by atoms with Crippen LogP contribution in [0.15, 0.2) is 30.6 Å². The van der Waals surface area contributed by atoms with Crippen LogP contribution < -0.4 is 10.6 Å². The molecule has 4 rings (SSSR count). The molecule has 7 nitrogen and oxygen atoms in total. The van der Waals surface area contributed by atoms with Crippen molar-refractivity contribution in [3.05, 3.63) is 47.5 Å². The first-order valence-corrected chi connectivity index (χ1v) is 11.0. The SMILES string of the molecule is Cc1cccc2c1CN(S(=O)(=O)C(F)(F)F)C[C@H](C1CC1)N2Cc1ncc(N)cn1. The van der Waals surface area contributed by atoms with Crippen molar-refractivity contribution < 1.29 is 21.6 Å². The fraction of sp³-hybridized carbons (Fsp3) is 0.474. The fourth-order valence-electron chi connectivity index (χ4n) is 3.90. The predicted octanol–water partition coefficient (Wildman–Crippen LogP) is 2.82. The van der Waals surface area contributed by atoms with Gasteiger partial charge in [-0.25, -0.2) is 18.4 Å². The Labute approximate surface area is 172 Å². The molecule has 11 heteroatoms. The second-order valence-electron chi connectivity index (χ2n) is 7.78. The van der Waals surface area contributed by atoms with Crippen molar-refractivity contribution >= 4 is 21.4 Å². The molecule has 2 N–H and O–H groups in total. The van der Waals surface area contributed by atoms with Crippen molar-refractivity contribution in [3.8, 4) is 0 Å². The molecule has 0 bridgehead atoms. The van der Waals surface area contributed by atoms with E-state index in [0.717, 1.165) is 18.4 Å². The van der Waals surface area contributed by atoms with Crippen LogP contribution in [0.2, 0.25) is 0 Å². The Morgan fingerprint density at radius 2 is 1.87 bits per heavy atom. The summed E-state index contributed by atoms with van der Waals surface area (Å²) in [6.07, 6.45) is 4.63. The van der Waals surface area contributed by atoms with Gasteiger partial charge in [0.25, 0.3) is 0 Å². The first-order chi connectivity index (χ1) is 14.1. The number of halogens is 3. The lowest BCUT2D eigenvalue weighted by atomic mass is 10.0. The molecule has 1 fully saturated rings. The summed E-state index contributed by atoms with van der Waals surface area (Å²) < 4.78 is 65.3. The average Bonchev–Trinajstić information content (AvgIpc) is 3.50. The van der Waals surface area contributed by atoms with Crippen molar-refractivity contribution in [2.75, 3.05) is 17.2 Å². The molecule has 2 heterocycles. The van der Waals surface area contributed by atoms with E-state index in [1.54, 1.807) is 13.0 Å². The van der Waals surface area contributed by atoms with Crippen LogP contribution in [-0.4, -0.2) is 40.8 Å². The minimum atomic E-state index is -5.46. The number of aryl methyl sites for hydroxylation is 1. The second kappa shape index (κ2) is 7.38. The number of hydrogen-bond donors (Lipinski definition) is 1. The molecule has 2 aromatic rings. The summed E-state index contributed by atoms with van der Waals surface area (Å²) in [5.74, 6) is 0.575. The van der Waals surface area contributed by atoms with E-state index in [0.29, 0.717) is 27.1 Å². The number of sulfonamides is 1. The van der Waals surface area contributed by atoms with Crippen LogP contribution in [0.25, 0.3) is 0 Å². The molecule has 0 radical (unpaired) electrons. The molecule has 162 valence electrons. The number of nitrogens with zero attached hydrogens (tertiary/aromatic N) is 4. The van der Waals surface area contributed by atoms with Gasteiger partial charge in [-0.3, -0.25) is 0 Å². The number of hydrogen-bond acceptors (Lipinski definition) is 6. The van der Waals surface area contributed by atoms with Gasteiger partial charge >= 0.3 is 15.5 Å². The molecule has 30 heavy (non-hydrogen) atoms. The zero-order chi connectivity index (χ0) is 21.7. The minimum absolute atomic E-state index is 0.108. The first kappa shape index (κ1) is 20.9. The minimum Gasteiger partial charge on any atom is -0.396 e. The van der Waals surface area contributed by atoms with Gasteiger partial charge < -0.3 is 10.6 Å². The molecular weight excluding hydrogens is 419 g/mol. The zero-order valence-electron chi connectivity index (χ0n) is 16.3. The monoisotopic (exact) mass is 441 g/mol. The van der Waals surface area contributed by atoms with E-state index in [9.17, 15) is 21.6 Å². The summed E-state index contributed by atoms with van der Waals surface area (Å²) in [6.45, 7) is 1.45. The molecule has 0 unspecified atom stereocenters. The third-order valence-electron chi connectivity index (χ3n) is 5.66. The highest BCUT2D eigenvalue weighted by Gasteiger charge is 2.52. The van der Waals surface area contributed by atoms with Crippen LogP contribution in [0.5, 0.6) is 0 Å². The van der Waals surface area contributed by atoms with Gasteiger partial charge in [0.1, 0.15) is 5.82 Å². The number of benzene rings is 1. The van der Waals surface area contributed by atoms with Gasteiger partial charge in [-0.2, -0.15) is 17.5 Å². The lowest BCUT2D eigenvalue weighted by Gasteiger charge is -2.34.